The molecule has 9 atom stereocenters. The molecule has 4 fully saturated rings. The summed E-state index contributed by atoms with van der Waals surface area (Å²) in [5.41, 5.74) is -1.64. The molecule has 210 valence electrons. The van der Waals surface area contributed by atoms with Crippen molar-refractivity contribution >= 4 is 17.7 Å². The van der Waals surface area contributed by atoms with Crippen LogP contribution >= 0.6 is 0 Å². The van der Waals surface area contributed by atoms with Gasteiger partial charge in [0.15, 0.2) is 0 Å². The molecule has 5 heteroatoms. The van der Waals surface area contributed by atoms with E-state index in [0.717, 1.165) is 31.6 Å². The SMILES string of the molecule is CC(=O)OC1CC[C@]2(C(=O)O)[C@H]3C(=O)C[C@]4(C)[C@@H]([C@H](C)CCCC(C)C)CC[C@@]4(C)[C@@H]3CC[C@H]2C1(C)C. The molecule has 0 aromatic carbocycles. The first-order valence-electron chi connectivity index (χ1n) is 15.1. The van der Waals surface area contributed by atoms with Gasteiger partial charge in [0.25, 0.3) is 0 Å². The van der Waals surface area contributed by atoms with Gasteiger partial charge in [0.05, 0.1) is 5.41 Å². The molecule has 0 aromatic rings. The average molecular weight is 517 g/mol. The second-order valence-corrected chi connectivity index (χ2v) is 14.9. The Kier molecular flexibility index (Phi) is 7.47. The molecule has 0 bridgehead atoms. The molecule has 0 spiro atoms. The van der Waals surface area contributed by atoms with Crippen molar-refractivity contribution in [3.63, 3.8) is 0 Å². The lowest BCUT2D eigenvalue weighted by Gasteiger charge is -2.65. The van der Waals surface area contributed by atoms with Gasteiger partial charge >= 0.3 is 11.9 Å². The highest BCUT2D eigenvalue weighted by molar-refractivity contribution is 5.91. The van der Waals surface area contributed by atoms with Gasteiger partial charge in [0, 0.05) is 24.7 Å². The lowest BCUT2D eigenvalue weighted by atomic mass is 9.37. The van der Waals surface area contributed by atoms with Crippen LogP contribution in [0.15, 0.2) is 0 Å². The number of esters is 1. The number of rotatable bonds is 7. The molecule has 4 rings (SSSR count). The Morgan fingerprint density at radius 2 is 1.65 bits per heavy atom. The van der Waals surface area contributed by atoms with Crippen molar-refractivity contribution in [2.75, 3.05) is 0 Å². The summed E-state index contributed by atoms with van der Waals surface area (Å²) >= 11 is 0. The molecule has 0 saturated heterocycles. The topological polar surface area (TPSA) is 80.7 Å². The van der Waals surface area contributed by atoms with Crippen LogP contribution in [-0.2, 0) is 19.1 Å². The molecule has 0 amide bonds. The first-order valence-corrected chi connectivity index (χ1v) is 15.1. The summed E-state index contributed by atoms with van der Waals surface area (Å²) in [6, 6.07) is 0. The Bertz CT molecular complexity index is 922. The first-order chi connectivity index (χ1) is 17.1. The van der Waals surface area contributed by atoms with Crippen LogP contribution in [0.2, 0.25) is 0 Å². The van der Waals surface area contributed by atoms with Gasteiger partial charge in [0.2, 0.25) is 0 Å². The van der Waals surface area contributed by atoms with Crippen LogP contribution in [0.25, 0.3) is 0 Å². The molecule has 4 saturated carbocycles. The zero-order valence-electron chi connectivity index (χ0n) is 24.7. The Morgan fingerprint density at radius 1 is 0.973 bits per heavy atom. The Morgan fingerprint density at radius 3 is 2.24 bits per heavy atom. The van der Waals surface area contributed by atoms with Crippen molar-refractivity contribution in [1.82, 2.24) is 0 Å². The standard InChI is InChI=1S/C32H52O5/c1-19(2)10-9-11-20(3)22-14-16-30(7)23-12-13-25-29(5,6)26(37-21(4)33)15-17-32(25,28(35)36)27(23)24(34)18-31(22,30)8/h19-20,22-23,25-27H,9-18H2,1-8H3,(H,35,36)/t20-,22-,23-,25+,26?,27-,30+,31-,32-/m1/s1. The minimum Gasteiger partial charge on any atom is -0.481 e. The molecule has 0 heterocycles. The molecule has 1 unspecified atom stereocenters. The number of fused-ring (bicyclic) bond motifs is 5. The first kappa shape index (κ1) is 28.6. The van der Waals surface area contributed by atoms with Crippen LogP contribution < -0.4 is 0 Å². The van der Waals surface area contributed by atoms with E-state index in [9.17, 15) is 19.5 Å². The number of aliphatic carboxylic acids is 1. The summed E-state index contributed by atoms with van der Waals surface area (Å²) in [7, 11) is 0. The minimum atomic E-state index is -1.06. The van der Waals surface area contributed by atoms with Gasteiger partial charge in [-0.3, -0.25) is 14.4 Å². The molecular weight excluding hydrogens is 464 g/mol. The second-order valence-electron chi connectivity index (χ2n) is 14.9. The third kappa shape index (κ3) is 4.20. The summed E-state index contributed by atoms with van der Waals surface area (Å²) in [6.45, 7) is 17.3. The predicted molar refractivity (Wildman–Crippen MR) is 145 cm³/mol. The molecule has 0 radical (unpaired) electrons. The van der Waals surface area contributed by atoms with E-state index in [-0.39, 0.29) is 40.5 Å². The highest BCUT2D eigenvalue weighted by Crippen LogP contribution is 2.74. The molecule has 5 nitrogen and oxygen atoms in total. The monoisotopic (exact) mass is 516 g/mol. The summed E-state index contributed by atoms with van der Waals surface area (Å²) in [4.78, 5) is 39.4. The van der Waals surface area contributed by atoms with Crippen molar-refractivity contribution in [2.45, 2.75) is 126 Å². The van der Waals surface area contributed by atoms with Gasteiger partial charge in [-0.05, 0) is 78.9 Å². The second kappa shape index (κ2) is 9.66. The maximum Gasteiger partial charge on any atom is 0.310 e. The third-order valence-corrected chi connectivity index (χ3v) is 12.5. The molecular formula is C32H52O5. The van der Waals surface area contributed by atoms with Crippen molar-refractivity contribution in [2.24, 2.45) is 57.2 Å². The molecule has 0 aliphatic heterocycles. The van der Waals surface area contributed by atoms with E-state index in [4.69, 9.17) is 4.74 Å². The van der Waals surface area contributed by atoms with E-state index in [2.05, 4.69) is 48.5 Å². The van der Waals surface area contributed by atoms with E-state index >= 15 is 0 Å². The smallest absolute Gasteiger partial charge is 0.310 e. The summed E-state index contributed by atoms with van der Waals surface area (Å²) in [5.74, 6) is 0.387. The van der Waals surface area contributed by atoms with Crippen LogP contribution in [-0.4, -0.2) is 28.9 Å². The van der Waals surface area contributed by atoms with Gasteiger partial charge in [-0.1, -0.05) is 67.7 Å². The predicted octanol–water partition coefficient (Wildman–Crippen LogP) is 7.31. The van der Waals surface area contributed by atoms with Crippen LogP contribution in [0, 0.1) is 57.2 Å². The average Bonchev–Trinajstić information content (AvgIpc) is 3.05. The van der Waals surface area contributed by atoms with Crippen molar-refractivity contribution in [3.05, 3.63) is 0 Å². The maximum atomic E-state index is 14.3. The summed E-state index contributed by atoms with van der Waals surface area (Å²) < 4.78 is 5.72. The highest BCUT2D eigenvalue weighted by atomic mass is 16.5. The van der Waals surface area contributed by atoms with Crippen LogP contribution in [0.4, 0.5) is 0 Å². The Labute approximate surface area is 224 Å². The maximum absolute atomic E-state index is 14.3. The Hall–Kier alpha value is -1.39. The summed E-state index contributed by atoms with van der Waals surface area (Å²) in [5, 5.41) is 10.9. The number of hydrogen-bond donors (Lipinski definition) is 1. The number of Topliss-reactive ketones (excluding diaryl/α,β-unsaturated/α-hetero) is 1. The fraction of sp³-hybridized carbons (Fsp3) is 0.906. The quantitative estimate of drug-likeness (QED) is 0.359. The molecule has 4 aliphatic rings. The largest absolute Gasteiger partial charge is 0.481 e. The number of carboxylic acids is 1. The van der Waals surface area contributed by atoms with Gasteiger partial charge in [0.1, 0.15) is 11.9 Å². The number of hydrogen-bond acceptors (Lipinski definition) is 4. The Balaban J connectivity index is 1.67. The van der Waals surface area contributed by atoms with E-state index in [0.29, 0.717) is 31.1 Å². The number of carbonyl (C=O) groups excluding carboxylic acids is 2. The van der Waals surface area contributed by atoms with Gasteiger partial charge in [-0.2, -0.15) is 0 Å². The van der Waals surface area contributed by atoms with E-state index in [1.807, 2.05) is 0 Å². The van der Waals surface area contributed by atoms with Gasteiger partial charge in [-0.25, -0.2) is 0 Å². The third-order valence-electron chi connectivity index (χ3n) is 12.5. The number of ether oxygens (including phenoxy) is 1. The van der Waals surface area contributed by atoms with Gasteiger partial charge < -0.3 is 9.84 Å². The fourth-order valence-corrected chi connectivity index (χ4v) is 10.5. The molecule has 37 heavy (non-hydrogen) atoms. The van der Waals surface area contributed by atoms with E-state index < -0.39 is 22.7 Å². The van der Waals surface area contributed by atoms with Crippen LogP contribution in [0.5, 0.6) is 0 Å². The van der Waals surface area contributed by atoms with E-state index in [1.165, 1.54) is 26.2 Å². The number of carbonyl (C=O) groups is 3. The lowest BCUT2D eigenvalue weighted by Crippen LogP contribution is -2.67. The van der Waals surface area contributed by atoms with Crippen molar-refractivity contribution in [3.8, 4) is 0 Å². The molecule has 0 aromatic heterocycles. The zero-order valence-corrected chi connectivity index (χ0v) is 24.7. The summed E-state index contributed by atoms with van der Waals surface area (Å²) in [6.07, 6.45) is 8.76. The number of ketones is 1. The fourth-order valence-electron chi connectivity index (χ4n) is 10.5. The molecule has 1 N–H and O–H groups in total. The van der Waals surface area contributed by atoms with Crippen LogP contribution in [0.1, 0.15) is 120 Å². The van der Waals surface area contributed by atoms with Crippen LogP contribution in [0.3, 0.4) is 0 Å². The van der Waals surface area contributed by atoms with Gasteiger partial charge in [-0.15, -0.1) is 0 Å². The lowest BCUT2D eigenvalue weighted by molar-refractivity contribution is -0.220. The zero-order chi connectivity index (χ0) is 27.6. The van der Waals surface area contributed by atoms with Crippen molar-refractivity contribution in [1.29, 1.82) is 0 Å². The highest BCUT2D eigenvalue weighted by Gasteiger charge is 2.73. The number of carboxylic acid groups (broad SMARTS) is 1. The van der Waals surface area contributed by atoms with Crippen molar-refractivity contribution < 1.29 is 24.2 Å². The minimum absolute atomic E-state index is 0.0210. The normalized spacial score (nSPS) is 43.5. The van der Waals surface area contributed by atoms with E-state index in [1.54, 1.807) is 0 Å². The molecule has 4 aliphatic carbocycles.